The fourth-order valence-electron chi connectivity index (χ4n) is 1.64. The molecule has 0 atom stereocenters. The van der Waals surface area contributed by atoms with Crippen LogP contribution in [0, 0.1) is 0 Å². The lowest BCUT2D eigenvalue weighted by molar-refractivity contribution is -0.136. The van der Waals surface area contributed by atoms with E-state index >= 15 is 0 Å². The van der Waals surface area contributed by atoms with Crippen LogP contribution in [0.25, 0.3) is 0 Å². The summed E-state index contributed by atoms with van der Waals surface area (Å²) in [5.41, 5.74) is 1.86. The quantitative estimate of drug-likeness (QED) is 0.761. The number of aliphatic carboxylic acids is 1. The zero-order valence-corrected chi connectivity index (χ0v) is 10.1. The number of carbonyl (C=O) groups excluding carboxylic acids is 1. The second-order valence-electron chi connectivity index (χ2n) is 4.02. The Hall–Kier alpha value is -2.63. The van der Waals surface area contributed by atoms with Crippen molar-refractivity contribution >= 4 is 17.6 Å². The molecule has 0 spiro atoms. The first-order chi connectivity index (χ1) is 9.15. The molecule has 2 aromatic rings. The van der Waals surface area contributed by atoms with Crippen molar-refractivity contribution in [3.63, 3.8) is 0 Å². The second kappa shape index (κ2) is 5.81. The first kappa shape index (κ1) is 12.8. The minimum Gasteiger partial charge on any atom is -0.481 e. The van der Waals surface area contributed by atoms with Gasteiger partial charge in [0, 0.05) is 18.3 Å². The van der Waals surface area contributed by atoms with Crippen LogP contribution >= 0.6 is 0 Å². The molecule has 0 bridgehead atoms. The summed E-state index contributed by atoms with van der Waals surface area (Å²) in [5.74, 6) is -1.13. The van der Waals surface area contributed by atoms with Crippen molar-refractivity contribution in [3.8, 4) is 0 Å². The number of benzene rings is 1. The number of nitrogens with zero attached hydrogens (tertiary/aromatic N) is 1. The van der Waals surface area contributed by atoms with Crippen LogP contribution in [-0.4, -0.2) is 27.2 Å². The van der Waals surface area contributed by atoms with Gasteiger partial charge in [-0.15, -0.1) is 0 Å². The lowest BCUT2D eigenvalue weighted by atomic mass is 10.1. The molecule has 2 rings (SSSR count). The number of hydrogen-bond donors (Lipinski definition) is 3. The molecule has 1 heterocycles. The summed E-state index contributed by atoms with van der Waals surface area (Å²) in [4.78, 5) is 22.3. The molecule has 1 aromatic carbocycles. The molecule has 0 unspecified atom stereocenters. The van der Waals surface area contributed by atoms with Gasteiger partial charge in [-0.2, -0.15) is 5.10 Å². The fourth-order valence-corrected chi connectivity index (χ4v) is 1.64. The van der Waals surface area contributed by atoms with Crippen LogP contribution in [-0.2, 0) is 11.2 Å². The van der Waals surface area contributed by atoms with Crippen molar-refractivity contribution in [2.24, 2.45) is 0 Å². The van der Waals surface area contributed by atoms with E-state index in [1.54, 1.807) is 24.3 Å². The predicted molar refractivity (Wildman–Crippen MR) is 68.9 cm³/mol. The number of carbonyl (C=O) groups is 2. The van der Waals surface area contributed by atoms with Gasteiger partial charge in [0.2, 0.25) is 0 Å². The average molecular weight is 259 g/mol. The van der Waals surface area contributed by atoms with E-state index in [2.05, 4.69) is 15.5 Å². The standard InChI is InChI=1S/C13H13N3O3/c17-12(18)5-4-9-2-1-3-10(8-9)15-13(19)11-6-7-14-16-11/h1-3,6-8H,4-5H2,(H,14,16)(H,15,19)(H,17,18). The van der Waals surface area contributed by atoms with E-state index in [4.69, 9.17) is 5.11 Å². The number of aromatic amines is 1. The van der Waals surface area contributed by atoms with E-state index in [1.807, 2.05) is 6.07 Å². The number of amides is 1. The van der Waals surface area contributed by atoms with Crippen molar-refractivity contribution in [3.05, 3.63) is 47.8 Å². The third-order valence-electron chi connectivity index (χ3n) is 2.56. The predicted octanol–water partition coefficient (Wildman–Crippen LogP) is 1.68. The van der Waals surface area contributed by atoms with Crippen LogP contribution in [0.3, 0.4) is 0 Å². The largest absolute Gasteiger partial charge is 0.481 e. The Morgan fingerprint density at radius 1 is 1.32 bits per heavy atom. The molecule has 3 N–H and O–H groups in total. The zero-order chi connectivity index (χ0) is 13.7. The van der Waals surface area contributed by atoms with E-state index in [0.717, 1.165) is 5.56 Å². The summed E-state index contributed by atoms with van der Waals surface area (Å²) >= 11 is 0. The van der Waals surface area contributed by atoms with Gasteiger partial charge in [0.25, 0.3) is 5.91 Å². The normalized spacial score (nSPS) is 10.1. The molecule has 0 aliphatic carbocycles. The molecule has 6 nitrogen and oxygen atoms in total. The van der Waals surface area contributed by atoms with Gasteiger partial charge in [0.15, 0.2) is 0 Å². The van der Waals surface area contributed by atoms with E-state index in [9.17, 15) is 9.59 Å². The van der Waals surface area contributed by atoms with Crippen LogP contribution < -0.4 is 5.32 Å². The van der Waals surface area contributed by atoms with Gasteiger partial charge in [0.1, 0.15) is 5.69 Å². The summed E-state index contributed by atoms with van der Waals surface area (Å²) in [7, 11) is 0. The van der Waals surface area contributed by atoms with Crippen LogP contribution in [0.2, 0.25) is 0 Å². The number of H-pyrrole nitrogens is 1. The molecule has 0 aliphatic rings. The SMILES string of the molecule is O=C(O)CCc1cccc(NC(=O)c2ccn[nH]2)c1. The highest BCUT2D eigenvalue weighted by Gasteiger charge is 2.07. The van der Waals surface area contributed by atoms with E-state index in [0.29, 0.717) is 17.8 Å². The molecule has 0 saturated carbocycles. The fraction of sp³-hybridized carbons (Fsp3) is 0.154. The maximum absolute atomic E-state index is 11.8. The molecule has 1 aromatic heterocycles. The molecule has 0 radical (unpaired) electrons. The van der Waals surface area contributed by atoms with Crippen molar-refractivity contribution < 1.29 is 14.7 Å². The number of anilines is 1. The van der Waals surface area contributed by atoms with Gasteiger partial charge in [0.05, 0.1) is 0 Å². The number of aryl methyl sites for hydroxylation is 1. The summed E-state index contributed by atoms with van der Waals surface area (Å²) in [6.45, 7) is 0. The third kappa shape index (κ3) is 3.67. The average Bonchev–Trinajstić information content (AvgIpc) is 2.91. The molecular formula is C13H13N3O3. The van der Waals surface area contributed by atoms with Gasteiger partial charge >= 0.3 is 5.97 Å². The summed E-state index contributed by atoms with van der Waals surface area (Å²) in [6.07, 6.45) is 2.00. The molecule has 0 saturated heterocycles. The number of nitrogens with one attached hydrogen (secondary N) is 2. The Kier molecular flexibility index (Phi) is 3.92. The number of rotatable bonds is 5. The highest BCUT2D eigenvalue weighted by Crippen LogP contribution is 2.13. The number of hydrogen-bond acceptors (Lipinski definition) is 3. The highest BCUT2D eigenvalue weighted by atomic mass is 16.4. The maximum Gasteiger partial charge on any atom is 0.303 e. The highest BCUT2D eigenvalue weighted by molar-refractivity contribution is 6.02. The first-order valence-corrected chi connectivity index (χ1v) is 5.76. The van der Waals surface area contributed by atoms with Crippen molar-refractivity contribution in [1.82, 2.24) is 10.2 Å². The van der Waals surface area contributed by atoms with Crippen molar-refractivity contribution in [1.29, 1.82) is 0 Å². The van der Waals surface area contributed by atoms with Crippen molar-refractivity contribution in [2.75, 3.05) is 5.32 Å². The summed E-state index contributed by atoms with van der Waals surface area (Å²) in [6, 6.07) is 8.69. The van der Waals surface area contributed by atoms with E-state index in [-0.39, 0.29) is 12.3 Å². The third-order valence-corrected chi connectivity index (χ3v) is 2.56. The lowest BCUT2D eigenvalue weighted by Crippen LogP contribution is -2.12. The van der Waals surface area contributed by atoms with Crippen LogP contribution in [0.15, 0.2) is 36.5 Å². The van der Waals surface area contributed by atoms with Gasteiger partial charge in [-0.3, -0.25) is 14.7 Å². The minimum absolute atomic E-state index is 0.0674. The van der Waals surface area contributed by atoms with Gasteiger partial charge in [-0.25, -0.2) is 0 Å². The van der Waals surface area contributed by atoms with Crippen LogP contribution in [0.4, 0.5) is 5.69 Å². The topological polar surface area (TPSA) is 95.1 Å². The Morgan fingerprint density at radius 3 is 2.84 bits per heavy atom. The lowest BCUT2D eigenvalue weighted by Gasteiger charge is -2.05. The molecule has 98 valence electrons. The minimum atomic E-state index is -0.841. The molecule has 19 heavy (non-hydrogen) atoms. The Balaban J connectivity index is 2.02. The first-order valence-electron chi connectivity index (χ1n) is 5.76. The van der Waals surface area contributed by atoms with Crippen LogP contribution in [0.1, 0.15) is 22.5 Å². The van der Waals surface area contributed by atoms with E-state index < -0.39 is 5.97 Å². The molecule has 0 aliphatic heterocycles. The zero-order valence-electron chi connectivity index (χ0n) is 10.1. The Morgan fingerprint density at radius 2 is 2.16 bits per heavy atom. The smallest absolute Gasteiger partial charge is 0.303 e. The van der Waals surface area contributed by atoms with E-state index in [1.165, 1.54) is 6.20 Å². The number of carboxylic acids is 1. The van der Waals surface area contributed by atoms with Crippen LogP contribution in [0.5, 0.6) is 0 Å². The maximum atomic E-state index is 11.8. The molecular weight excluding hydrogens is 246 g/mol. The number of carboxylic acid groups (broad SMARTS) is 1. The van der Waals surface area contributed by atoms with Crippen molar-refractivity contribution in [2.45, 2.75) is 12.8 Å². The molecule has 6 heteroatoms. The number of aromatic nitrogens is 2. The summed E-state index contributed by atoms with van der Waals surface area (Å²) in [5, 5.41) is 17.6. The summed E-state index contributed by atoms with van der Waals surface area (Å²) < 4.78 is 0. The van der Waals surface area contributed by atoms with Gasteiger partial charge < -0.3 is 10.4 Å². The van der Waals surface area contributed by atoms with Gasteiger partial charge in [-0.05, 0) is 30.2 Å². The Bertz CT molecular complexity index is 579. The Labute approximate surface area is 109 Å². The second-order valence-corrected chi connectivity index (χ2v) is 4.02. The van der Waals surface area contributed by atoms with Gasteiger partial charge in [-0.1, -0.05) is 12.1 Å². The molecule has 1 amide bonds. The monoisotopic (exact) mass is 259 g/mol. The molecule has 0 fully saturated rings.